The van der Waals surface area contributed by atoms with E-state index in [-0.39, 0.29) is 5.41 Å². The van der Waals surface area contributed by atoms with Crippen LogP contribution in [-0.2, 0) is 32.7 Å². The third-order valence-electron chi connectivity index (χ3n) is 5.10. The molecule has 0 N–H and O–H groups in total. The molecule has 0 saturated carbocycles. The van der Waals surface area contributed by atoms with Crippen LogP contribution in [0.5, 0.6) is 0 Å². The van der Waals surface area contributed by atoms with Gasteiger partial charge in [-0.25, -0.2) is 0 Å². The molecule has 0 nitrogen and oxygen atoms in total. The van der Waals surface area contributed by atoms with E-state index in [0.717, 1.165) is 6.42 Å². The van der Waals surface area contributed by atoms with Crippen LogP contribution in [0.15, 0.2) is 72.8 Å². The Bertz CT molecular complexity index is 952. The molecule has 0 atom stereocenters. The average Bonchev–Trinajstić information content (AvgIpc) is 3.13. The maximum atomic E-state index is 4.93. The van der Waals surface area contributed by atoms with Gasteiger partial charge in [-0.15, -0.1) is 0 Å². The second-order valence-corrected chi connectivity index (χ2v) is 11.7. The van der Waals surface area contributed by atoms with Gasteiger partial charge in [-0.3, -0.25) is 0 Å². The molecule has 1 aliphatic carbocycles. The van der Waals surface area contributed by atoms with E-state index >= 15 is 0 Å². The summed E-state index contributed by atoms with van der Waals surface area (Å²) >= 11 is -0.826. The van der Waals surface area contributed by atoms with E-state index in [4.69, 9.17) is 17.0 Å². The monoisotopic (exact) mass is 484 g/mol. The topological polar surface area (TPSA) is 0 Å². The van der Waals surface area contributed by atoms with Gasteiger partial charge < -0.3 is 0 Å². The summed E-state index contributed by atoms with van der Waals surface area (Å²) in [6.07, 6.45) is 3.39. The fraction of sp³-hybridized carbons (Fsp3) is 0.200. The van der Waals surface area contributed by atoms with Crippen molar-refractivity contribution >= 4 is 28.7 Å². The van der Waals surface area contributed by atoms with Crippen LogP contribution in [0.4, 0.5) is 0 Å². The van der Waals surface area contributed by atoms with Crippen LogP contribution in [0.1, 0.15) is 43.0 Å². The van der Waals surface area contributed by atoms with E-state index in [0.29, 0.717) is 0 Å². The molecule has 0 aromatic heterocycles. The van der Waals surface area contributed by atoms with Crippen molar-refractivity contribution in [3.05, 3.63) is 95.1 Å². The van der Waals surface area contributed by atoms with Crippen molar-refractivity contribution in [3.8, 4) is 11.1 Å². The summed E-state index contributed by atoms with van der Waals surface area (Å²) in [5, 5.41) is 0. The molecule has 0 bridgehead atoms. The van der Waals surface area contributed by atoms with Crippen molar-refractivity contribution < 1.29 is 20.8 Å². The molecular weight excluding hydrogens is 462 g/mol. The number of fused-ring (bicyclic) bond motifs is 1. The van der Waals surface area contributed by atoms with Crippen molar-refractivity contribution in [3.63, 3.8) is 0 Å². The SMILES string of the molecule is CC(C)(C)c1ccc(-c2cccc3c2C=C(c2ccccc2)C3)cc1.[Cl][Zr][Cl]. The Morgan fingerprint density at radius 1 is 0.750 bits per heavy atom. The predicted molar refractivity (Wildman–Crippen MR) is 120 cm³/mol. The summed E-state index contributed by atoms with van der Waals surface area (Å²) in [4.78, 5) is 0. The van der Waals surface area contributed by atoms with Crippen molar-refractivity contribution in [2.45, 2.75) is 32.6 Å². The van der Waals surface area contributed by atoms with Crippen molar-refractivity contribution in [2.75, 3.05) is 0 Å². The second-order valence-electron chi connectivity index (χ2n) is 7.99. The van der Waals surface area contributed by atoms with Gasteiger partial charge in [0.15, 0.2) is 0 Å². The van der Waals surface area contributed by atoms with Crippen molar-refractivity contribution in [1.29, 1.82) is 0 Å². The maximum absolute atomic E-state index is 4.93. The average molecular weight is 487 g/mol. The van der Waals surface area contributed by atoms with E-state index in [1.807, 2.05) is 0 Å². The summed E-state index contributed by atoms with van der Waals surface area (Å²) in [5.41, 5.74) is 9.75. The first-order valence-corrected chi connectivity index (χ1v) is 15.7. The van der Waals surface area contributed by atoms with Gasteiger partial charge in [0.1, 0.15) is 0 Å². The number of allylic oxidation sites excluding steroid dienone is 1. The Morgan fingerprint density at radius 3 is 2.00 bits per heavy atom. The molecule has 0 radical (unpaired) electrons. The fourth-order valence-corrected chi connectivity index (χ4v) is 3.61. The minimum atomic E-state index is -0.826. The molecule has 3 aromatic carbocycles. The molecule has 0 spiro atoms. The Kier molecular flexibility index (Phi) is 7.38. The van der Waals surface area contributed by atoms with Gasteiger partial charge in [0.25, 0.3) is 0 Å². The molecule has 142 valence electrons. The van der Waals surface area contributed by atoms with Crippen LogP contribution in [0.2, 0.25) is 0 Å². The number of halogens is 2. The van der Waals surface area contributed by atoms with Crippen LogP contribution >= 0.6 is 17.0 Å². The zero-order valence-corrected chi connectivity index (χ0v) is 20.4. The van der Waals surface area contributed by atoms with E-state index < -0.39 is 20.8 Å². The molecule has 1 aliphatic rings. The van der Waals surface area contributed by atoms with Crippen molar-refractivity contribution in [2.24, 2.45) is 0 Å². The Balaban J connectivity index is 0.000000706. The molecule has 0 aliphatic heterocycles. The van der Waals surface area contributed by atoms with Crippen LogP contribution in [0, 0.1) is 0 Å². The Hall–Kier alpha value is -1.14. The Labute approximate surface area is 187 Å². The molecule has 0 fully saturated rings. The molecule has 0 saturated heterocycles. The zero-order valence-electron chi connectivity index (χ0n) is 16.5. The zero-order chi connectivity index (χ0) is 20.1. The van der Waals surface area contributed by atoms with Crippen LogP contribution < -0.4 is 0 Å². The predicted octanol–water partition coefficient (Wildman–Crippen LogP) is 8.12. The van der Waals surface area contributed by atoms with Crippen LogP contribution in [-0.4, -0.2) is 0 Å². The minimum absolute atomic E-state index is 0.192. The van der Waals surface area contributed by atoms with E-state index in [1.54, 1.807) is 0 Å². The molecule has 3 heteroatoms. The van der Waals surface area contributed by atoms with Gasteiger partial charge >= 0.3 is 37.9 Å². The first-order valence-electron chi connectivity index (χ1n) is 9.39. The summed E-state index contributed by atoms with van der Waals surface area (Å²) < 4.78 is 0. The van der Waals surface area contributed by atoms with Gasteiger partial charge in [0.2, 0.25) is 0 Å². The molecule has 0 amide bonds. The van der Waals surface area contributed by atoms with Crippen LogP contribution in [0.3, 0.4) is 0 Å². The molecule has 28 heavy (non-hydrogen) atoms. The van der Waals surface area contributed by atoms with E-state index in [2.05, 4.69) is 99.6 Å². The first kappa shape index (κ1) is 21.6. The molecular formula is C25H24Cl2Zr. The van der Waals surface area contributed by atoms with Crippen molar-refractivity contribution in [1.82, 2.24) is 0 Å². The van der Waals surface area contributed by atoms with E-state index in [1.165, 1.54) is 39.0 Å². The van der Waals surface area contributed by atoms with Gasteiger partial charge in [-0.2, -0.15) is 0 Å². The number of rotatable bonds is 2. The van der Waals surface area contributed by atoms with Gasteiger partial charge in [0.05, 0.1) is 0 Å². The molecule has 0 unspecified atom stereocenters. The van der Waals surface area contributed by atoms with E-state index in [9.17, 15) is 0 Å². The van der Waals surface area contributed by atoms with Gasteiger partial charge in [0, 0.05) is 0 Å². The Morgan fingerprint density at radius 2 is 1.39 bits per heavy atom. The summed E-state index contributed by atoms with van der Waals surface area (Å²) in [6, 6.07) is 26.5. The normalized spacial score (nSPS) is 12.5. The second kappa shape index (κ2) is 9.57. The summed E-state index contributed by atoms with van der Waals surface area (Å²) in [5.74, 6) is 0. The third-order valence-corrected chi connectivity index (χ3v) is 5.10. The summed E-state index contributed by atoms with van der Waals surface area (Å²) in [6.45, 7) is 6.78. The third kappa shape index (κ3) is 5.07. The number of benzene rings is 3. The standard InChI is InChI=1S/C25H24.2ClH.Zr/c1-25(2,3)22-14-12-19(13-15-22)23-11-7-10-20-16-21(17-24(20)23)18-8-5-4-6-9-18;;;/h4-15,17H,16H2,1-3H3;2*1H;/q;;;+2/p-2. The van der Waals surface area contributed by atoms with Gasteiger partial charge in [-0.1, -0.05) is 93.6 Å². The summed E-state index contributed by atoms with van der Waals surface area (Å²) in [7, 11) is 9.87. The molecule has 4 rings (SSSR count). The molecule has 3 aromatic rings. The van der Waals surface area contributed by atoms with Gasteiger partial charge in [-0.05, 0) is 56.9 Å². The van der Waals surface area contributed by atoms with Crippen LogP contribution in [0.25, 0.3) is 22.8 Å². The number of hydrogen-bond donors (Lipinski definition) is 0. The first-order chi connectivity index (χ1) is 13.4. The quantitative estimate of drug-likeness (QED) is 0.343. The fourth-order valence-electron chi connectivity index (χ4n) is 3.61. The number of hydrogen-bond acceptors (Lipinski definition) is 0. The molecule has 0 heterocycles.